The maximum atomic E-state index is 12.4. The molecule has 2 aromatic rings. The number of ketones is 1. The molecule has 0 aliphatic heterocycles. The first kappa shape index (κ1) is 21.2. The van der Waals surface area contributed by atoms with Gasteiger partial charge in [0.2, 0.25) is 0 Å². The molecule has 2 rings (SSSR count). The molecule has 3 N–H and O–H groups in total. The number of amides is 1. The second kappa shape index (κ2) is 10.3. The van der Waals surface area contributed by atoms with Crippen molar-refractivity contribution in [3.63, 3.8) is 0 Å². The Bertz CT molecular complexity index is 870. The van der Waals surface area contributed by atoms with Gasteiger partial charge in [-0.1, -0.05) is 12.1 Å². The molecule has 2 aromatic carbocycles. The highest BCUT2D eigenvalue weighted by molar-refractivity contribution is 7.80. The molecule has 0 aromatic heterocycles. The topological polar surface area (TPSA) is 88.7 Å². The Morgan fingerprint density at radius 2 is 1.64 bits per heavy atom. The van der Waals surface area contributed by atoms with Crippen molar-refractivity contribution in [2.75, 3.05) is 18.5 Å². The number of ether oxygens (including phenoxy) is 2. The summed E-state index contributed by atoms with van der Waals surface area (Å²) in [5, 5.41) is 3.10. The molecule has 1 amide bonds. The quantitative estimate of drug-likeness (QED) is 0.373. The zero-order valence-electron chi connectivity index (χ0n) is 16.0. The summed E-state index contributed by atoms with van der Waals surface area (Å²) in [6, 6.07) is 11.8. The second-order valence-electron chi connectivity index (χ2n) is 5.70. The number of carbonyl (C=O) groups is 2. The standard InChI is InChI=1S/C20H23N3O4S/c1-4-26-17-10-9-15(12-18(17)27-5-2)19(25)22-23-20(28)21-16-8-6-7-14(11-16)13(3)24/h6-12H,4-5H2,1-3H3,(H,22,25)(H2,21,23,28). The van der Waals surface area contributed by atoms with Crippen LogP contribution in [0.5, 0.6) is 11.5 Å². The molecule has 0 fully saturated rings. The molecule has 0 aliphatic rings. The molecule has 0 spiro atoms. The number of hydrogen-bond acceptors (Lipinski definition) is 5. The number of anilines is 1. The van der Waals surface area contributed by atoms with Gasteiger partial charge in [-0.25, -0.2) is 0 Å². The molecule has 0 radical (unpaired) electrons. The zero-order valence-corrected chi connectivity index (χ0v) is 16.8. The predicted molar refractivity (Wildman–Crippen MR) is 112 cm³/mol. The Labute approximate surface area is 169 Å². The van der Waals surface area contributed by atoms with Crippen molar-refractivity contribution < 1.29 is 19.1 Å². The van der Waals surface area contributed by atoms with E-state index in [2.05, 4.69) is 16.2 Å². The number of benzene rings is 2. The summed E-state index contributed by atoms with van der Waals surface area (Å²) in [7, 11) is 0. The smallest absolute Gasteiger partial charge is 0.269 e. The summed E-state index contributed by atoms with van der Waals surface area (Å²) in [5.74, 6) is 0.650. The van der Waals surface area contributed by atoms with Gasteiger partial charge in [0, 0.05) is 16.8 Å². The minimum Gasteiger partial charge on any atom is -0.490 e. The number of carbonyl (C=O) groups excluding carboxylic acids is 2. The fourth-order valence-electron chi connectivity index (χ4n) is 2.36. The van der Waals surface area contributed by atoms with Crippen molar-refractivity contribution in [1.29, 1.82) is 0 Å². The summed E-state index contributed by atoms with van der Waals surface area (Å²) >= 11 is 5.17. The van der Waals surface area contributed by atoms with Gasteiger partial charge in [0.05, 0.1) is 13.2 Å². The summed E-state index contributed by atoms with van der Waals surface area (Å²) in [6.07, 6.45) is 0. The maximum absolute atomic E-state index is 12.4. The van der Waals surface area contributed by atoms with Gasteiger partial charge in [-0.2, -0.15) is 0 Å². The molecule has 0 atom stereocenters. The Morgan fingerprint density at radius 3 is 2.32 bits per heavy atom. The van der Waals surface area contributed by atoms with Crippen LogP contribution in [-0.2, 0) is 0 Å². The first-order valence-corrected chi connectivity index (χ1v) is 9.23. The average molecular weight is 401 g/mol. The van der Waals surface area contributed by atoms with Crippen molar-refractivity contribution in [1.82, 2.24) is 10.9 Å². The number of Topliss-reactive ketones (excluding diaryl/α,β-unsaturated/α-hetero) is 1. The molecule has 0 saturated heterocycles. The van der Waals surface area contributed by atoms with Gasteiger partial charge in [0.1, 0.15) is 0 Å². The first-order valence-electron chi connectivity index (χ1n) is 8.82. The van der Waals surface area contributed by atoms with E-state index in [1.54, 1.807) is 42.5 Å². The molecule has 0 unspecified atom stereocenters. The van der Waals surface area contributed by atoms with Gasteiger partial charge >= 0.3 is 0 Å². The Kier molecular flexibility index (Phi) is 7.76. The van der Waals surface area contributed by atoms with Gasteiger partial charge in [-0.3, -0.25) is 20.4 Å². The lowest BCUT2D eigenvalue weighted by Crippen LogP contribution is -2.43. The molecule has 148 valence electrons. The lowest BCUT2D eigenvalue weighted by atomic mass is 10.1. The minimum absolute atomic E-state index is 0.0450. The van der Waals surface area contributed by atoms with E-state index in [9.17, 15) is 9.59 Å². The van der Waals surface area contributed by atoms with Gasteiger partial charge in [0.15, 0.2) is 22.4 Å². The van der Waals surface area contributed by atoms with Gasteiger partial charge < -0.3 is 14.8 Å². The molecule has 0 bridgehead atoms. The van der Waals surface area contributed by atoms with Crippen molar-refractivity contribution in [2.45, 2.75) is 20.8 Å². The van der Waals surface area contributed by atoms with E-state index in [0.29, 0.717) is 41.5 Å². The average Bonchev–Trinajstić information content (AvgIpc) is 2.68. The van der Waals surface area contributed by atoms with E-state index in [1.165, 1.54) is 6.92 Å². The highest BCUT2D eigenvalue weighted by Crippen LogP contribution is 2.28. The van der Waals surface area contributed by atoms with Crippen LogP contribution in [0, 0.1) is 0 Å². The van der Waals surface area contributed by atoms with Crippen LogP contribution in [0.2, 0.25) is 0 Å². The molecule has 0 aliphatic carbocycles. The fourth-order valence-corrected chi connectivity index (χ4v) is 2.53. The SMILES string of the molecule is CCOc1ccc(C(=O)NNC(=S)Nc2cccc(C(C)=O)c2)cc1OCC. The second-order valence-corrected chi connectivity index (χ2v) is 6.11. The first-order chi connectivity index (χ1) is 13.4. The lowest BCUT2D eigenvalue weighted by molar-refractivity contribution is 0.0942. The third kappa shape index (κ3) is 5.95. The van der Waals surface area contributed by atoms with Crippen molar-refractivity contribution >= 4 is 34.7 Å². The minimum atomic E-state index is -0.384. The van der Waals surface area contributed by atoms with Crippen LogP contribution in [0.15, 0.2) is 42.5 Å². The number of nitrogens with one attached hydrogen (secondary N) is 3. The summed E-state index contributed by atoms with van der Waals surface area (Å²) < 4.78 is 11.0. The number of rotatable bonds is 7. The molecular formula is C20H23N3O4S. The van der Waals surface area contributed by atoms with E-state index in [1.807, 2.05) is 13.8 Å². The zero-order chi connectivity index (χ0) is 20.5. The monoisotopic (exact) mass is 401 g/mol. The Balaban J connectivity index is 1.97. The number of hydrogen-bond donors (Lipinski definition) is 3. The lowest BCUT2D eigenvalue weighted by Gasteiger charge is -2.14. The molecule has 7 nitrogen and oxygen atoms in total. The van der Waals surface area contributed by atoms with Crippen molar-refractivity contribution in [3.8, 4) is 11.5 Å². The van der Waals surface area contributed by atoms with E-state index in [0.717, 1.165) is 0 Å². The molecule has 8 heteroatoms. The van der Waals surface area contributed by atoms with Gasteiger partial charge in [-0.15, -0.1) is 0 Å². The van der Waals surface area contributed by atoms with Crippen LogP contribution >= 0.6 is 12.2 Å². The van der Waals surface area contributed by atoms with E-state index in [4.69, 9.17) is 21.7 Å². The third-order valence-electron chi connectivity index (χ3n) is 3.62. The van der Waals surface area contributed by atoms with E-state index < -0.39 is 0 Å². The highest BCUT2D eigenvalue weighted by Gasteiger charge is 2.12. The number of thiocarbonyl (C=S) groups is 1. The van der Waals surface area contributed by atoms with E-state index >= 15 is 0 Å². The molecule has 28 heavy (non-hydrogen) atoms. The number of hydrazine groups is 1. The maximum Gasteiger partial charge on any atom is 0.269 e. The summed E-state index contributed by atoms with van der Waals surface area (Å²) in [4.78, 5) is 23.8. The summed E-state index contributed by atoms with van der Waals surface area (Å²) in [5.41, 5.74) is 6.75. The van der Waals surface area contributed by atoms with Crippen LogP contribution < -0.4 is 25.6 Å². The van der Waals surface area contributed by atoms with Crippen LogP contribution in [-0.4, -0.2) is 30.0 Å². The van der Waals surface area contributed by atoms with Gasteiger partial charge in [-0.05, 0) is 63.3 Å². The predicted octanol–water partition coefficient (Wildman–Crippen LogP) is 3.32. The highest BCUT2D eigenvalue weighted by atomic mass is 32.1. The summed E-state index contributed by atoms with van der Waals surface area (Å²) in [6.45, 7) is 6.17. The Hall–Kier alpha value is -3.13. The normalized spacial score (nSPS) is 9.96. The van der Waals surface area contributed by atoms with Gasteiger partial charge in [0.25, 0.3) is 5.91 Å². The van der Waals surface area contributed by atoms with Crippen LogP contribution in [0.3, 0.4) is 0 Å². The third-order valence-corrected chi connectivity index (χ3v) is 3.83. The van der Waals surface area contributed by atoms with Crippen molar-refractivity contribution in [3.05, 3.63) is 53.6 Å². The fraction of sp³-hybridized carbons (Fsp3) is 0.250. The van der Waals surface area contributed by atoms with Crippen molar-refractivity contribution in [2.24, 2.45) is 0 Å². The molecule has 0 saturated carbocycles. The van der Waals surface area contributed by atoms with E-state index in [-0.39, 0.29) is 16.8 Å². The van der Waals surface area contributed by atoms with Crippen LogP contribution in [0.1, 0.15) is 41.5 Å². The van der Waals surface area contributed by atoms with Crippen LogP contribution in [0.25, 0.3) is 0 Å². The van der Waals surface area contributed by atoms with Crippen LogP contribution in [0.4, 0.5) is 5.69 Å². The molecule has 0 heterocycles. The molecular weight excluding hydrogens is 378 g/mol. The Morgan fingerprint density at radius 1 is 0.929 bits per heavy atom. The largest absolute Gasteiger partial charge is 0.490 e.